The summed E-state index contributed by atoms with van der Waals surface area (Å²) in [6.07, 6.45) is 0. The highest BCUT2D eigenvalue weighted by molar-refractivity contribution is 5.68. The quantitative estimate of drug-likeness (QED) is 0.405. The van der Waals surface area contributed by atoms with E-state index in [2.05, 4.69) is 0 Å². The molecule has 1 heterocycles. The zero-order valence-corrected chi connectivity index (χ0v) is 17.3. The number of hydrogen-bond donors (Lipinski definition) is 0. The van der Waals surface area contributed by atoms with Crippen molar-refractivity contribution in [2.24, 2.45) is 0 Å². The predicted molar refractivity (Wildman–Crippen MR) is 124 cm³/mol. The van der Waals surface area contributed by atoms with E-state index in [9.17, 15) is 9.90 Å². The first-order valence-electron chi connectivity index (χ1n) is 10.4. The fourth-order valence-electron chi connectivity index (χ4n) is 3.95. The van der Waals surface area contributed by atoms with Gasteiger partial charge in [0.1, 0.15) is 5.69 Å². The van der Waals surface area contributed by atoms with Gasteiger partial charge in [-0.1, -0.05) is 84.9 Å². The van der Waals surface area contributed by atoms with E-state index in [1.807, 2.05) is 121 Å². The van der Waals surface area contributed by atoms with E-state index in [1.54, 1.807) is 0 Å². The topological polar surface area (TPSA) is 48.9 Å². The summed E-state index contributed by atoms with van der Waals surface area (Å²) in [4.78, 5) is 14.1. The normalized spacial score (nSPS) is 10.8. The average molecular weight is 416 g/mol. The Hall–Kier alpha value is -4.44. The van der Waals surface area contributed by atoms with Gasteiger partial charge in [-0.3, -0.25) is 9.36 Å². The third-order valence-corrected chi connectivity index (χ3v) is 5.38. The first-order valence-corrected chi connectivity index (χ1v) is 10.4. The zero-order chi connectivity index (χ0) is 21.9. The number of nitrogens with zero attached hydrogens (tertiary/aromatic N) is 2. The third-order valence-electron chi connectivity index (χ3n) is 5.38. The lowest BCUT2D eigenvalue weighted by atomic mass is 10.1. The van der Waals surface area contributed by atoms with Crippen LogP contribution in [-0.2, 0) is 0 Å². The molecule has 5 rings (SSSR count). The Morgan fingerprint density at radius 1 is 0.594 bits per heavy atom. The molecule has 0 radical (unpaired) electrons. The molecule has 0 saturated carbocycles. The van der Waals surface area contributed by atoms with Gasteiger partial charge in [0, 0.05) is 23.4 Å². The summed E-state index contributed by atoms with van der Waals surface area (Å²) in [5.74, 6) is -0.260. The van der Waals surface area contributed by atoms with E-state index < -0.39 is 0 Å². The van der Waals surface area contributed by atoms with E-state index >= 15 is 0 Å². The lowest BCUT2D eigenvalue weighted by Crippen LogP contribution is -2.45. The van der Waals surface area contributed by atoms with Crippen molar-refractivity contribution in [1.82, 2.24) is 4.57 Å². The highest BCUT2D eigenvalue weighted by Gasteiger charge is 2.28. The number of rotatable bonds is 4. The van der Waals surface area contributed by atoms with Crippen molar-refractivity contribution in [3.8, 4) is 39.8 Å². The van der Waals surface area contributed by atoms with Crippen molar-refractivity contribution < 1.29 is 9.67 Å². The highest BCUT2D eigenvalue weighted by atomic mass is 16.3. The molecule has 0 aliphatic rings. The van der Waals surface area contributed by atoms with Crippen molar-refractivity contribution in [2.45, 2.75) is 0 Å². The van der Waals surface area contributed by atoms with Crippen LogP contribution in [-0.4, -0.2) is 4.57 Å². The zero-order valence-electron chi connectivity index (χ0n) is 17.3. The molecule has 0 amide bonds. The molecule has 4 heteroatoms. The minimum atomic E-state index is -0.260. The molecule has 5 aromatic rings. The van der Waals surface area contributed by atoms with Crippen LogP contribution in [0.4, 0.5) is 0 Å². The van der Waals surface area contributed by atoms with Crippen molar-refractivity contribution in [3.05, 3.63) is 132 Å². The second kappa shape index (κ2) is 8.36. The van der Waals surface area contributed by atoms with Gasteiger partial charge in [-0.25, -0.2) is 0 Å². The smallest absolute Gasteiger partial charge is 0.328 e. The molecule has 0 aliphatic carbocycles. The van der Waals surface area contributed by atoms with Gasteiger partial charge in [0.25, 0.3) is 5.69 Å². The van der Waals surface area contributed by atoms with Crippen LogP contribution in [0.1, 0.15) is 0 Å². The Morgan fingerprint density at radius 2 is 1.06 bits per heavy atom. The number of hydrogen-bond acceptors (Lipinski definition) is 2. The number of benzene rings is 4. The second-order valence-electron chi connectivity index (χ2n) is 7.38. The van der Waals surface area contributed by atoms with Crippen LogP contribution < -0.4 is 15.2 Å². The molecular weight excluding hydrogens is 396 g/mol. The molecule has 0 aliphatic heterocycles. The maximum Gasteiger partial charge on any atom is 0.328 e. The Bertz CT molecular complexity index is 1310. The molecule has 0 saturated heterocycles. The fourth-order valence-corrected chi connectivity index (χ4v) is 3.95. The molecule has 32 heavy (non-hydrogen) atoms. The van der Waals surface area contributed by atoms with Crippen LogP contribution in [0.15, 0.2) is 126 Å². The Labute approximate surface area is 185 Å². The van der Waals surface area contributed by atoms with Crippen LogP contribution >= 0.6 is 0 Å². The molecule has 154 valence electrons. The van der Waals surface area contributed by atoms with Gasteiger partial charge in [-0.2, -0.15) is 4.57 Å². The first-order chi connectivity index (χ1) is 15.8. The van der Waals surface area contributed by atoms with Crippen molar-refractivity contribution in [3.63, 3.8) is 0 Å². The minimum absolute atomic E-state index is 0.260. The SMILES string of the molecule is O=c1c(-c2ccccc2)[n+](-c2ccccc2)c([O-])c(-c2ccccc2)n1-c1ccccc1. The van der Waals surface area contributed by atoms with Crippen LogP contribution in [0.3, 0.4) is 0 Å². The summed E-state index contributed by atoms with van der Waals surface area (Å²) in [6, 6.07) is 37.3. The molecule has 0 fully saturated rings. The van der Waals surface area contributed by atoms with Crippen LogP contribution in [0.25, 0.3) is 33.9 Å². The van der Waals surface area contributed by atoms with Gasteiger partial charge in [0.05, 0.1) is 5.56 Å². The van der Waals surface area contributed by atoms with Crippen molar-refractivity contribution >= 4 is 0 Å². The van der Waals surface area contributed by atoms with Crippen LogP contribution in [0, 0.1) is 0 Å². The largest absolute Gasteiger partial charge is 0.821 e. The molecule has 0 spiro atoms. The molecule has 0 bridgehead atoms. The summed E-state index contributed by atoms with van der Waals surface area (Å²) < 4.78 is 3.05. The minimum Gasteiger partial charge on any atom is -0.821 e. The fraction of sp³-hybridized carbons (Fsp3) is 0. The van der Waals surface area contributed by atoms with Gasteiger partial charge < -0.3 is 5.11 Å². The van der Waals surface area contributed by atoms with E-state index in [0.29, 0.717) is 33.9 Å². The van der Waals surface area contributed by atoms with Gasteiger partial charge in [-0.05, 0) is 24.3 Å². The highest BCUT2D eigenvalue weighted by Crippen LogP contribution is 2.29. The lowest BCUT2D eigenvalue weighted by molar-refractivity contribution is -0.641. The monoisotopic (exact) mass is 416 g/mol. The van der Waals surface area contributed by atoms with Crippen LogP contribution in [0.5, 0.6) is 5.88 Å². The van der Waals surface area contributed by atoms with Gasteiger partial charge >= 0.3 is 5.56 Å². The molecular formula is C28H20N2O2. The Morgan fingerprint density at radius 3 is 1.62 bits per heavy atom. The van der Waals surface area contributed by atoms with E-state index in [0.717, 1.165) is 0 Å². The average Bonchev–Trinajstić information content (AvgIpc) is 2.87. The van der Waals surface area contributed by atoms with Gasteiger partial charge in [0.2, 0.25) is 5.69 Å². The Kier molecular flexibility index (Phi) is 5.10. The van der Waals surface area contributed by atoms with Crippen molar-refractivity contribution in [1.29, 1.82) is 0 Å². The van der Waals surface area contributed by atoms with E-state index in [1.165, 1.54) is 9.13 Å². The summed E-state index contributed by atoms with van der Waals surface area (Å²) >= 11 is 0. The Balaban J connectivity index is 1.98. The second-order valence-corrected chi connectivity index (χ2v) is 7.38. The van der Waals surface area contributed by atoms with Crippen LogP contribution in [0.2, 0.25) is 0 Å². The summed E-state index contributed by atoms with van der Waals surface area (Å²) in [5, 5.41) is 14.1. The summed E-state index contributed by atoms with van der Waals surface area (Å²) in [5.41, 5.74) is 3.04. The molecule has 1 aromatic heterocycles. The van der Waals surface area contributed by atoms with E-state index in [-0.39, 0.29) is 11.4 Å². The molecule has 4 nitrogen and oxygen atoms in total. The summed E-state index contributed by atoms with van der Waals surface area (Å²) in [6.45, 7) is 0. The van der Waals surface area contributed by atoms with Crippen molar-refractivity contribution in [2.75, 3.05) is 0 Å². The lowest BCUT2D eigenvalue weighted by Gasteiger charge is -2.21. The predicted octanol–water partition coefficient (Wildman–Crippen LogP) is 4.52. The maximum absolute atomic E-state index is 14.1. The number of aromatic nitrogens is 2. The molecule has 0 N–H and O–H groups in total. The molecule has 4 aromatic carbocycles. The molecule has 0 unspecified atom stereocenters. The van der Waals surface area contributed by atoms with Gasteiger partial charge in [-0.15, -0.1) is 0 Å². The molecule has 0 atom stereocenters. The summed E-state index contributed by atoms with van der Waals surface area (Å²) in [7, 11) is 0. The standard InChI is InChI=1S/C28H20N2O2/c31-27-25(21-13-5-1-6-14-21)29(23-17-9-3-10-18-23)28(32)26(22-15-7-2-8-16-22)30(27)24-19-11-4-12-20-24/h1-20H. The first kappa shape index (κ1) is 19.5. The third kappa shape index (κ3) is 3.38. The maximum atomic E-state index is 14.1. The number of para-hydroxylation sites is 2. The van der Waals surface area contributed by atoms with Gasteiger partial charge in [0.15, 0.2) is 5.88 Å². The van der Waals surface area contributed by atoms with E-state index in [4.69, 9.17) is 0 Å².